The maximum atomic E-state index is 11.9. The molecule has 1 fully saturated rings. The molecule has 0 aromatic heterocycles. The van der Waals surface area contributed by atoms with Crippen molar-refractivity contribution in [1.82, 2.24) is 14.9 Å². The molecule has 0 spiro atoms. The van der Waals surface area contributed by atoms with E-state index >= 15 is 0 Å². The third-order valence-electron chi connectivity index (χ3n) is 3.63. The summed E-state index contributed by atoms with van der Waals surface area (Å²) in [6.45, 7) is 1.23. The number of carbonyl (C=O) groups excluding carboxylic acids is 1. The van der Waals surface area contributed by atoms with Crippen molar-refractivity contribution in [3.05, 3.63) is 0 Å². The first kappa shape index (κ1) is 17.7. The molecule has 1 aliphatic rings. The van der Waals surface area contributed by atoms with E-state index in [0.29, 0.717) is 25.4 Å². The third-order valence-corrected chi connectivity index (χ3v) is 4.99. The summed E-state index contributed by atoms with van der Waals surface area (Å²) in [7, 11) is -1.98. The number of sulfonamides is 1. The van der Waals surface area contributed by atoms with Gasteiger partial charge in [-0.25, -0.2) is 17.9 Å². The molecule has 1 rings (SSSR count). The van der Waals surface area contributed by atoms with E-state index < -0.39 is 16.0 Å². The Labute approximate surface area is 124 Å². The molecule has 0 aromatic rings. The number of aliphatic carboxylic acids is 1. The van der Waals surface area contributed by atoms with Crippen LogP contribution in [0.3, 0.4) is 0 Å². The number of nitrogens with zero attached hydrogens (tertiary/aromatic N) is 1. The molecule has 0 saturated carbocycles. The van der Waals surface area contributed by atoms with E-state index in [-0.39, 0.29) is 24.7 Å². The minimum atomic E-state index is -3.31. The molecule has 2 amide bonds. The van der Waals surface area contributed by atoms with E-state index in [1.807, 2.05) is 0 Å². The maximum absolute atomic E-state index is 11.9. The number of rotatable bonds is 7. The number of hydrogen-bond acceptors (Lipinski definition) is 4. The average molecular weight is 321 g/mol. The van der Waals surface area contributed by atoms with Crippen LogP contribution >= 0.6 is 0 Å². The number of urea groups is 1. The minimum Gasteiger partial charge on any atom is -0.481 e. The lowest BCUT2D eigenvalue weighted by molar-refractivity contribution is -0.137. The fraction of sp³-hybridized carbons (Fsp3) is 0.833. The number of nitrogens with one attached hydrogen (secondary N) is 2. The smallest absolute Gasteiger partial charge is 0.317 e. The largest absolute Gasteiger partial charge is 0.481 e. The number of carbonyl (C=O) groups is 2. The molecular weight excluding hydrogens is 298 g/mol. The summed E-state index contributed by atoms with van der Waals surface area (Å²) in [4.78, 5) is 24.0. The van der Waals surface area contributed by atoms with Crippen LogP contribution in [0.25, 0.3) is 0 Å². The lowest BCUT2D eigenvalue weighted by Gasteiger charge is -2.31. The molecule has 3 N–H and O–H groups in total. The highest BCUT2D eigenvalue weighted by molar-refractivity contribution is 7.89. The van der Waals surface area contributed by atoms with Crippen molar-refractivity contribution >= 4 is 22.0 Å². The predicted octanol–water partition coefficient (Wildman–Crippen LogP) is -0.178. The number of hydrogen-bond donors (Lipinski definition) is 3. The zero-order valence-corrected chi connectivity index (χ0v) is 13.0. The molecule has 122 valence electrons. The first-order valence-corrected chi connectivity index (χ1v) is 8.65. The molecule has 0 aromatic carbocycles. The second-order valence-corrected chi connectivity index (χ2v) is 7.16. The monoisotopic (exact) mass is 321 g/mol. The number of carboxylic acid groups (broad SMARTS) is 1. The second-order valence-electron chi connectivity index (χ2n) is 5.12. The van der Waals surface area contributed by atoms with E-state index in [2.05, 4.69) is 10.0 Å². The van der Waals surface area contributed by atoms with Gasteiger partial charge in [-0.05, 0) is 32.2 Å². The Morgan fingerprint density at radius 2 is 1.90 bits per heavy atom. The first-order chi connectivity index (χ1) is 9.84. The van der Waals surface area contributed by atoms with Crippen molar-refractivity contribution in [3.63, 3.8) is 0 Å². The summed E-state index contributed by atoms with van der Waals surface area (Å²) in [5, 5.41) is 11.2. The molecule has 1 aliphatic heterocycles. The Bertz CT molecular complexity index is 458. The lowest BCUT2D eigenvalue weighted by Crippen LogP contribution is -2.46. The Morgan fingerprint density at radius 1 is 1.29 bits per heavy atom. The van der Waals surface area contributed by atoms with Crippen LogP contribution in [0.2, 0.25) is 0 Å². The van der Waals surface area contributed by atoms with Crippen LogP contribution in [0.4, 0.5) is 4.79 Å². The van der Waals surface area contributed by atoms with Crippen molar-refractivity contribution in [2.45, 2.75) is 25.7 Å². The molecule has 0 radical (unpaired) electrons. The third kappa shape index (κ3) is 6.76. The van der Waals surface area contributed by atoms with E-state index in [1.54, 1.807) is 4.90 Å². The van der Waals surface area contributed by atoms with E-state index in [9.17, 15) is 18.0 Å². The van der Waals surface area contributed by atoms with Crippen LogP contribution in [-0.4, -0.2) is 62.9 Å². The topological polar surface area (TPSA) is 116 Å². The van der Waals surface area contributed by atoms with Gasteiger partial charge in [-0.15, -0.1) is 0 Å². The number of carboxylic acids is 1. The van der Waals surface area contributed by atoms with Gasteiger partial charge in [0.05, 0.1) is 5.75 Å². The molecule has 0 bridgehead atoms. The van der Waals surface area contributed by atoms with Crippen molar-refractivity contribution in [3.8, 4) is 0 Å². The quantitative estimate of drug-likeness (QED) is 0.601. The van der Waals surface area contributed by atoms with Gasteiger partial charge in [0.1, 0.15) is 0 Å². The maximum Gasteiger partial charge on any atom is 0.317 e. The second kappa shape index (κ2) is 8.18. The molecule has 0 unspecified atom stereocenters. The zero-order chi connectivity index (χ0) is 15.9. The molecule has 1 saturated heterocycles. The summed E-state index contributed by atoms with van der Waals surface area (Å²) in [5.41, 5.74) is 0. The van der Waals surface area contributed by atoms with Crippen molar-refractivity contribution in [2.75, 3.05) is 32.4 Å². The Kier molecular flexibility index (Phi) is 6.90. The molecule has 9 heteroatoms. The van der Waals surface area contributed by atoms with Gasteiger partial charge in [0.25, 0.3) is 0 Å². The van der Waals surface area contributed by atoms with Crippen LogP contribution in [0.5, 0.6) is 0 Å². The number of likely N-dealkylation sites (tertiary alicyclic amines) is 1. The normalized spacial score (nSPS) is 16.7. The Balaban J connectivity index is 2.24. The first-order valence-electron chi connectivity index (χ1n) is 7.00. The van der Waals surface area contributed by atoms with E-state index in [0.717, 1.165) is 12.8 Å². The summed E-state index contributed by atoms with van der Waals surface area (Å²) in [6, 6.07) is -0.266. The molecule has 21 heavy (non-hydrogen) atoms. The van der Waals surface area contributed by atoms with Gasteiger partial charge in [-0.2, -0.15) is 0 Å². The minimum absolute atomic E-state index is 0.0704. The summed E-state index contributed by atoms with van der Waals surface area (Å²) in [6.07, 6.45) is 2.38. The van der Waals surface area contributed by atoms with Gasteiger partial charge >= 0.3 is 12.0 Å². The van der Waals surface area contributed by atoms with E-state index in [1.165, 1.54) is 7.05 Å². The van der Waals surface area contributed by atoms with Crippen LogP contribution < -0.4 is 10.0 Å². The van der Waals surface area contributed by atoms with Gasteiger partial charge < -0.3 is 15.3 Å². The van der Waals surface area contributed by atoms with Gasteiger partial charge in [0.15, 0.2) is 0 Å². The Morgan fingerprint density at radius 3 is 2.43 bits per heavy atom. The van der Waals surface area contributed by atoms with Gasteiger partial charge in [0, 0.05) is 26.1 Å². The highest BCUT2D eigenvalue weighted by Gasteiger charge is 2.23. The summed E-state index contributed by atoms with van der Waals surface area (Å²) < 4.78 is 24.6. The molecule has 0 aliphatic carbocycles. The summed E-state index contributed by atoms with van der Waals surface area (Å²) in [5.74, 6) is -0.597. The SMILES string of the molecule is CNS(=O)(=O)CCNC(=O)N1CCC(CCC(=O)O)CC1. The molecule has 1 heterocycles. The van der Waals surface area contributed by atoms with Crippen LogP contribution in [0.1, 0.15) is 25.7 Å². The Hall–Kier alpha value is -1.35. The average Bonchev–Trinajstić information content (AvgIpc) is 2.45. The van der Waals surface area contributed by atoms with Gasteiger partial charge in [-0.3, -0.25) is 4.79 Å². The number of piperidine rings is 1. The van der Waals surface area contributed by atoms with Crippen molar-refractivity contribution in [2.24, 2.45) is 5.92 Å². The van der Waals surface area contributed by atoms with E-state index in [4.69, 9.17) is 5.11 Å². The summed E-state index contributed by atoms with van der Waals surface area (Å²) >= 11 is 0. The molecule has 0 atom stereocenters. The molecule has 8 nitrogen and oxygen atoms in total. The van der Waals surface area contributed by atoms with Gasteiger partial charge in [0.2, 0.25) is 10.0 Å². The highest BCUT2D eigenvalue weighted by atomic mass is 32.2. The van der Waals surface area contributed by atoms with Crippen molar-refractivity contribution in [1.29, 1.82) is 0 Å². The molecular formula is C12H23N3O5S. The fourth-order valence-corrected chi connectivity index (χ4v) is 2.83. The zero-order valence-electron chi connectivity index (χ0n) is 12.2. The standard InChI is InChI=1S/C12H23N3O5S/c1-13-21(19,20)9-6-14-12(18)15-7-4-10(5-8-15)2-3-11(16)17/h10,13H,2-9H2,1H3,(H,14,18)(H,16,17). The number of amides is 2. The van der Waals surface area contributed by atoms with Crippen molar-refractivity contribution < 1.29 is 23.1 Å². The van der Waals surface area contributed by atoms with Crippen LogP contribution in [0, 0.1) is 5.92 Å². The van der Waals surface area contributed by atoms with Crippen LogP contribution in [-0.2, 0) is 14.8 Å². The highest BCUT2D eigenvalue weighted by Crippen LogP contribution is 2.21. The van der Waals surface area contributed by atoms with Crippen LogP contribution in [0.15, 0.2) is 0 Å². The lowest BCUT2D eigenvalue weighted by atomic mass is 9.92. The van der Waals surface area contributed by atoms with Gasteiger partial charge in [-0.1, -0.05) is 0 Å². The predicted molar refractivity (Wildman–Crippen MR) is 77.4 cm³/mol. The fourth-order valence-electron chi connectivity index (χ4n) is 2.26.